The van der Waals surface area contributed by atoms with Crippen molar-refractivity contribution in [1.82, 2.24) is 0 Å². The number of para-hydroxylation sites is 1. The van der Waals surface area contributed by atoms with Gasteiger partial charge in [0.2, 0.25) is 0 Å². The van der Waals surface area contributed by atoms with Gasteiger partial charge < -0.3 is 4.74 Å². The fraction of sp³-hybridized carbons (Fsp3) is 0. The summed E-state index contributed by atoms with van der Waals surface area (Å²) in [5.74, 6) is -0.299. The van der Waals surface area contributed by atoms with Crippen LogP contribution in [0, 0.1) is 5.82 Å². The van der Waals surface area contributed by atoms with Gasteiger partial charge in [0.1, 0.15) is 11.6 Å². The normalized spacial score (nSPS) is 10.7. The second kappa shape index (κ2) is 7.38. The summed E-state index contributed by atoms with van der Waals surface area (Å²) in [7, 11) is 0. The van der Waals surface area contributed by atoms with Crippen LogP contribution in [0.4, 0.5) is 4.39 Å². The molecule has 0 aliphatic heterocycles. The number of hydrogen-bond acceptors (Lipinski definition) is 2. The second-order valence-electron chi connectivity index (χ2n) is 5.17. The summed E-state index contributed by atoms with van der Waals surface area (Å²) in [6.07, 6.45) is 2.92. The van der Waals surface area contributed by atoms with E-state index in [9.17, 15) is 9.18 Å². The van der Waals surface area contributed by atoms with Gasteiger partial charge in [-0.05, 0) is 35.4 Å². The molecule has 0 saturated heterocycles. The third-order valence-corrected chi connectivity index (χ3v) is 3.46. The van der Waals surface area contributed by atoms with Crippen molar-refractivity contribution in [2.75, 3.05) is 0 Å². The molecule has 0 aliphatic carbocycles. The fourth-order valence-electron chi connectivity index (χ4n) is 2.29. The topological polar surface area (TPSA) is 26.3 Å². The van der Waals surface area contributed by atoms with E-state index in [1.165, 1.54) is 18.2 Å². The third kappa shape index (κ3) is 3.96. The van der Waals surface area contributed by atoms with Gasteiger partial charge in [-0.2, -0.15) is 0 Å². The van der Waals surface area contributed by atoms with E-state index in [-0.39, 0.29) is 5.82 Å². The first-order chi connectivity index (χ1) is 11.7. The maximum Gasteiger partial charge on any atom is 0.336 e. The minimum absolute atomic E-state index is 0.313. The van der Waals surface area contributed by atoms with Crippen molar-refractivity contribution in [1.29, 1.82) is 0 Å². The average molecular weight is 318 g/mol. The van der Waals surface area contributed by atoms with E-state index in [4.69, 9.17) is 4.74 Å². The van der Waals surface area contributed by atoms with Crippen LogP contribution in [0.25, 0.3) is 17.2 Å². The summed E-state index contributed by atoms with van der Waals surface area (Å²) < 4.78 is 18.3. The summed E-state index contributed by atoms with van der Waals surface area (Å²) in [4.78, 5) is 12.1. The van der Waals surface area contributed by atoms with Crippen LogP contribution in [-0.4, -0.2) is 5.97 Å². The van der Waals surface area contributed by atoms with Crippen molar-refractivity contribution in [3.63, 3.8) is 0 Å². The van der Waals surface area contributed by atoms with Crippen LogP contribution >= 0.6 is 0 Å². The molecule has 0 saturated carbocycles. The lowest BCUT2D eigenvalue weighted by Gasteiger charge is -2.08. The van der Waals surface area contributed by atoms with Gasteiger partial charge in [0.25, 0.3) is 0 Å². The van der Waals surface area contributed by atoms with E-state index in [1.807, 2.05) is 48.5 Å². The molecule has 2 nitrogen and oxygen atoms in total. The molecule has 0 radical (unpaired) electrons. The highest BCUT2D eigenvalue weighted by molar-refractivity contribution is 5.90. The molecule has 3 aromatic carbocycles. The Labute approximate surface area is 139 Å². The molecule has 0 amide bonds. The molecule has 0 unspecified atom stereocenters. The highest BCUT2D eigenvalue weighted by Gasteiger charge is 2.08. The minimum atomic E-state index is -0.484. The summed E-state index contributed by atoms with van der Waals surface area (Å²) in [5.41, 5.74) is 2.55. The molecule has 3 heteroatoms. The molecule has 3 rings (SSSR count). The van der Waals surface area contributed by atoms with Gasteiger partial charge in [0.05, 0.1) is 0 Å². The zero-order chi connectivity index (χ0) is 16.8. The van der Waals surface area contributed by atoms with Gasteiger partial charge in [-0.15, -0.1) is 0 Å². The van der Waals surface area contributed by atoms with E-state index >= 15 is 0 Å². The Morgan fingerprint density at radius 1 is 0.833 bits per heavy atom. The molecule has 0 fully saturated rings. The molecule has 0 heterocycles. The van der Waals surface area contributed by atoms with E-state index in [1.54, 1.807) is 24.3 Å². The summed E-state index contributed by atoms with van der Waals surface area (Å²) in [5, 5.41) is 0. The Balaban J connectivity index is 1.76. The monoisotopic (exact) mass is 318 g/mol. The molecule has 0 aromatic heterocycles. The van der Waals surface area contributed by atoms with Crippen molar-refractivity contribution in [2.24, 2.45) is 0 Å². The van der Waals surface area contributed by atoms with Crippen LogP contribution in [0.3, 0.4) is 0 Å². The number of benzene rings is 3. The zero-order valence-corrected chi connectivity index (χ0v) is 12.9. The highest BCUT2D eigenvalue weighted by Crippen LogP contribution is 2.29. The Kier molecular flexibility index (Phi) is 4.82. The van der Waals surface area contributed by atoms with Crippen molar-refractivity contribution in [2.45, 2.75) is 0 Å². The number of hydrogen-bond donors (Lipinski definition) is 0. The minimum Gasteiger partial charge on any atom is -0.423 e. The Hall–Kier alpha value is -3.20. The molecule has 24 heavy (non-hydrogen) atoms. The Morgan fingerprint density at radius 3 is 2.25 bits per heavy atom. The van der Waals surface area contributed by atoms with E-state index < -0.39 is 5.97 Å². The van der Waals surface area contributed by atoms with Gasteiger partial charge in [-0.1, -0.05) is 60.7 Å². The van der Waals surface area contributed by atoms with Crippen LogP contribution in [0.2, 0.25) is 0 Å². The molecule has 0 aliphatic rings. The molecule has 0 N–H and O–H groups in total. The van der Waals surface area contributed by atoms with Gasteiger partial charge in [0.15, 0.2) is 0 Å². The number of carbonyl (C=O) groups is 1. The molecule has 0 bridgehead atoms. The number of carbonyl (C=O) groups excluding carboxylic acids is 1. The van der Waals surface area contributed by atoms with Gasteiger partial charge >= 0.3 is 5.97 Å². The molecule has 3 aromatic rings. The number of ether oxygens (including phenoxy) is 1. The summed E-state index contributed by atoms with van der Waals surface area (Å²) in [6, 6.07) is 23.0. The lowest BCUT2D eigenvalue weighted by atomic mass is 10.1. The standard InChI is InChI=1S/C21H15FO2/c22-18-13-10-16(11-14-18)12-15-21(23)24-20-9-5-4-8-19(20)17-6-2-1-3-7-17/h1-15H. The van der Waals surface area contributed by atoms with Crippen LogP contribution < -0.4 is 4.74 Å². The smallest absolute Gasteiger partial charge is 0.336 e. The van der Waals surface area contributed by atoms with Crippen LogP contribution in [-0.2, 0) is 4.79 Å². The fourth-order valence-corrected chi connectivity index (χ4v) is 2.29. The average Bonchev–Trinajstić information content (AvgIpc) is 2.62. The van der Waals surface area contributed by atoms with Crippen LogP contribution in [0.1, 0.15) is 5.56 Å². The Morgan fingerprint density at radius 2 is 1.50 bits per heavy atom. The predicted octanol–water partition coefficient (Wildman–Crippen LogP) is 5.11. The summed E-state index contributed by atoms with van der Waals surface area (Å²) >= 11 is 0. The predicted molar refractivity (Wildman–Crippen MR) is 92.9 cm³/mol. The third-order valence-electron chi connectivity index (χ3n) is 3.46. The Bertz CT molecular complexity index is 853. The van der Waals surface area contributed by atoms with Crippen molar-refractivity contribution < 1.29 is 13.9 Å². The molecular formula is C21H15FO2. The first kappa shape index (κ1) is 15.7. The largest absolute Gasteiger partial charge is 0.423 e. The lowest BCUT2D eigenvalue weighted by molar-refractivity contribution is -0.128. The van der Waals surface area contributed by atoms with Gasteiger partial charge in [0, 0.05) is 11.6 Å². The van der Waals surface area contributed by atoms with E-state index in [0.29, 0.717) is 5.75 Å². The van der Waals surface area contributed by atoms with Crippen LogP contribution in [0.15, 0.2) is 84.9 Å². The van der Waals surface area contributed by atoms with E-state index in [2.05, 4.69) is 0 Å². The quantitative estimate of drug-likeness (QED) is 0.379. The second-order valence-corrected chi connectivity index (χ2v) is 5.17. The van der Waals surface area contributed by atoms with Gasteiger partial charge in [-0.3, -0.25) is 0 Å². The SMILES string of the molecule is O=C(C=Cc1ccc(F)cc1)Oc1ccccc1-c1ccccc1. The highest BCUT2D eigenvalue weighted by atomic mass is 19.1. The molecule has 0 spiro atoms. The zero-order valence-electron chi connectivity index (χ0n) is 12.9. The molecular weight excluding hydrogens is 303 g/mol. The summed E-state index contributed by atoms with van der Waals surface area (Å²) in [6.45, 7) is 0. The van der Waals surface area contributed by atoms with E-state index in [0.717, 1.165) is 16.7 Å². The lowest BCUT2D eigenvalue weighted by Crippen LogP contribution is -2.04. The first-order valence-electron chi connectivity index (χ1n) is 7.52. The molecule has 0 atom stereocenters. The van der Waals surface area contributed by atoms with Gasteiger partial charge in [-0.25, -0.2) is 9.18 Å². The maximum absolute atomic E-state index is 12.9. The number of esters is 1. The van der Waals surface area contributed by atoms with Crippen LogP contribution in [0.5, 0.6) is 5.75 Å². The van der Waals surface area contributed by atoms with Crippen molar-refractivity contribution in [3.8, 4) is 16.9 Å². The first-order valence-corrected chi connectivity index (χ1v) is 7.52. The molecule has 118 valence electrons. The number of halogens is 1. The van der Waals surface area contributed by atoms with Crippen molar-refractivity contribution >= 4 is 12.0 Å². The number of rotatable bonds is 4. The van der Waals surface area contributed by atoms with Crippen molar-refractivity contribution in [3.05, 3.63) is 96.3 Å². The maximum atomic E-state index is 12.9.